The average molecular weight is 458 g/mol. The number of carbonyl (C=O) groups excluding carboxylic acids is 2. The van der Waals surface area contributed by atoms with Crippen LogP contribution in [0.5, 0.6) is 0 Å². The van der Waals surface area contributed by atoms with Crippen LogP contribution >= 0.6 is 0 Å². The zero-order valence-electron chi connectivity index (χ0n) is 18.2. The Labute approximate surface area is 189 Å². The van der Waals surface area contributed by atoms with Gasteiger partial charge < -0.3 is 9.88 Å². The molecule has 6 nitrogen and oxygen atoms in total. The van der Waals surface area contributed by atoms with Crippen molar-refractivity contribution >= 4 is 28.4 Å². The molecule has 0 saturated carbocycles. The second-order valence-electron chi connectivity index (χ2n) is 8.43. The van der Waals surface area contributed by atoms with Gasteiger partial charge in [0.25, 0.3) is 0 Å². The quantitative estimate of drug-likeness (QED) is 0.548. The van der Waals surface area contributed by atoms with E-state index in [4.69, 9.17) is 0 Å². The molecule has 174 valence electrons. The van der Waals surface area contributed by atoms with Gasteiger partial charge in [-0.3, -0.25) is 14.5 Å². The van der Waals surface area contributed by atoms with Crippen molar-refractivity contribution < 1.29 is 22.8 Å². The first-order valence-corrected chi connectivity index (χ1v) is 10.9. The van der Waals surface area contributed by atoms with Crippen molar-refractivity contribution in [1.82, 2.24) is 14.5 Å². The number of piperidine rings is 1. The summed E-state index contributed by atoms with van der Waals surface area (Å²) >= 11 is 0. The number of nitrogens with one attached hydrogen (secondary N) is 1. The van der Waals surface area contributed by atoms with Crippen LogP contribution in [0.1, 0.15) is 35.9 Å². The first-order valence-electron chi connectivity index (χ1n) is 10.9. The maximum Gasteiger partial charge on any atom is 0.449 e. The Bertz CT molecular complexity index is 1150. The number of nitrogens with zero attached hydrogens (tertiary/aromatic N) is 3. The molecular formula is C24H25F3N4O2. The Morgan fingerprint density at radius 1 is 1.06 bits per heavy atom. The van der Waals surface area contributed by atoms with Crippen molar-refractivity contribution in [2.45, 2.75) is 32.5 Å². The number of benzene rings is 2. The van der Waals surface area contributed by atoms with Gasteiger partial charge in [0.2, 0.25) is 11.7 Å². The minimum Gasteiger partial charge on any atom is -0.325 e. The molecule has 1 amide bonds. The number of para-hydroxylation sites is 2. The number of rotatable bonds is 6. The molecule has 1 N–H and O–H groups in total. The zero-order valence-corrected chi connectivity index (χ0v) is 18.2. The SMILES string of the molecule is CC(=O)c1ccc(NC(=O)CN2CCC(Cn3c(C(F)(F)F)nc4ccccc43)CC2)cc1. The van der Waals surface area contributed by atoms with Gasteiger partial charge in [-0.15, -0.1) is 0 Å². The Morgan fingerprint density at radius 2 is 1.73 bits per heavy atom. The maximum absolute atomic E-state index is 13.5. The van der Waals surface area contributed by atoms with E-state index in [1.165, 1.54) is 11.5 Å². The van der Waals surface area contributed by atoms with Gasteiger partial charge in [-0.1, -0.05) is 12.1 Å². The highest BCUT2D eigenvalue weighted by atomic mass is 19.4. The summed E-state index contributed by atoms with van der Waals surface area (Å²) in [5.74, 6) is -0.991. The first kappa shape index (κ1) is 23.0. The molecule has 0 radical (unpaired) electrons. The van der Waals surface area contributed by atoms with Crippen molar-refractivity contribution in [1.29, 1.82) is 0 Å². The van der Waals surface area contributed by atoms with Crippen LogP contribution < -0.4 is 5.32 Å². The van der Waals surface area contributed by atoms with E-state index in [0.29, 0.717) is 48.2 Å². The predicted molar refractivity (Wildman–Crippen MR) is 119 cm³/mol. The summed E-state index contributed by atoms with van der Waals surface area (Å²) in [6.45, 7) is 3.21. The summed E-state index contributed by atoms with van der Waals surface area (Å²) in [6.07, 6.45) is -3.12. The summed E-state index contributed by atoms with van der Waals surface area (Å²) in [5, 5.41) is 2.82. The van der Waals surface area contributed by atoms with E-state index in [1.807, 2.05) is 4.90 Å². The van der Waals surface area contributed by atoms with Gasteiger partial charge >= 0.3 is 6.18 Å². The topological polar surface area (TPSA) is 67.2 Å². The van der Waals surface area contributed by atoms with E-state index < -0.39 is 12.0 Å². The van der Waals surface area contributed by atoms with Crippen molar-refractivity contribution in [2.75, 3.05) is 25.0 Å². The number of carbonyl (C=O) groups is 2. The fourth-order valence-corrected chi connectivity index (χ4v) is 4.25. The van der Waals surface area contributed by atoms with E-state index in [-0.39, 0.29) is 30.7 Å². The normalized spacial score (nSPS) is 15.6. The molecule has 2 aromatic carbocycles. The second-order valence-corrected chi connectivity index (χ2v) is 8.43. The molecule has 0 bridgehead atoms. The number of likely N-dealkylation sites (tertiary alicyclic amines) is 1. The van der Waals surface area contributed by atoms with Crippen molar-refractivity contribution in [3.8, 4) is 0 Å². The summed E-state index contributed by atoms with van der Waals surface area (Å²) in [6, 6.07) is 13.4. The number of hydrogen-bond donors (Lipinski definition) is 1. The van der Waals surface area contributed by atoms with Gasteiger partial charge in [-0.25, -0.2) is 4.98 Å². The van der Waals surface area contributed by atoms with Gasteiger partial charge in [0, 0.05) is 17.8 Å². The summed E-state index contributed by atoms with van der Waals surface area (Å²) in [5.41, 5.74) is 2.03. The van der Waals surface area contributed by atoms with Crippen LogP contribution in [0, 0.1) is 5.92 Å². The van der Waals surface area contributed by atoms with Crippen LogP contribution in [0.4, 0.5) is 18.9 Å². The molecule has 9 heteroatoms. The van der Waals surface area contributed by atoms with Gasteiger partial charge in [0.05, 0.1) is 17.6 Å². The number of anilines is 1. The van der Waals surface area contributed by atoms with E-state index >= 15 is 0 Å². The number of hydrogen-bond acceptors (Lipinski definition) is 4. The predicted octanol–water partition coefficient (Wildman–Crippen LogP) is 4.61. The molecule has 1 aliphatic heterocycles. The molecule has 0 aliphatic carbocycles. The Kier molecular flexibility index (Phi) is 6.51. The Balaban J connectivity index is 1.33. The molecule has 1 saturated heterocycles. The van der Waals surface area contributed by atoms with Crippen LogP contribution in [0.15, 0.2) is 48.5 Å². The molecular weight excluding hydrogens is 433 g/mol. The standard InChI is InChI=1S/C24H25F3N4O2/c1-16(32)18-6-8-19(9-7-18)28-22(33)15-30-12-10-17(11-13-30)14-31-21-5-3-2-4-20(21)29-23(31)24(25,26)27/h2-9,17H,10-15H2,1H3,(H,28,33). The number of amides is 1. The molecule has 1 aliphatic rings. The molecule has 1 aromatic heterocycles. The molecule has 0 atom stereocenters. The lowest BCUT2D eigenvalue weighted by Crippen LogP contribution is -2.40. The largest absolute Gasteiger partial charge is 0.449 e. The smallest absolute Gasteiger partial charge is 0.325 e. The summed E-state index contributed by atoms with van der Waals surface area (Å²) in [7, 11) is 0. The number of Topliss-reactive ketones (excluding diaryl/α,β-unsaturated/α-hetero) is 1. The van der Waals surface area contributed by atoms with Crippen LogP contribution in [-0.4, -0.2) is 45.8 Å². The number of imidazole rings is 1. The zero-order chi connectivity index (χ0) is 23.6. The van der Waals surface area contributed by atoms with Crippen molar-refractivity contribution in [3.05, 3.63) is 59.9 Å². The maximum atomic E-state index is 13.5. The van der Waals surface area contributed by atoms with Gasteiger partial charge in [-0.2, -0.15) is 13.2 Å². The molecule has 2 heterocycles. The summed E-state index contributed by atoms with van der Waals surface area (Å²) < 4.78 is 41.9. The van der Waals surface area contributed by atoms with E-state index in [0.717, 1.165) is 0 Å². The van der Waals surface area contributed by atoms with E-state index in [2.05, 4.69) is 10.3 Å². The fraction of sp³-hybridized carbons (Fsp3) is 0.375. The monoisotopic (exact) mass is 458 g/mol. The Morgan fingerprint density at radius 3 is 2.36 bits per heavy atom. The van der Waals surface area contributed by atoms with E-state index in [9.17, 15) is 22.8 Å². The lowest BCUT2D eigenvalue weighted by Gasteiger charge is -2.32. The molecule has 0 unspecified atom stereocenters. The molecule has 4 rings (SSSR count). The lowest BCUT2D eigenvalue weighted by atomic mass is 9.96. The number of ketones is 1. The first-order chi connectivity index (χ1) is 15.7. The van der Waals surface area contributed by atoms with Crippen LogP contribution in [0.25, 0.3) is 11.0 Å². The number of aromatic nitrogens is 2. The second kappa shape index (κ2) is 9.35. The molecule has 1 fully saturated rings. The number of halogens is 3. The van der Waals surface area contributed by atoms with Crippen LogP contribution in [-0.2, 0) is 17.5 Å². The highest BCUT2D eigenvalue weighted by molar-refractivity contribution is 5.96. The minimum absolute atomic E-state index is 0.0400. The third kappa shape index (κ3) is 5.42. The van der Waals surface area contributed by atoms with Gasteiger partial charge in [-0.05, 0) is 75.2 Å². The lowest BCUT2D eigenvalue weighted by molar-refractivity contribution is -0.147. The van der Waals surface area contributed by atoms with Gasteiger partial charge in [0.15, 0.2) is 5.78 Å². The van der Waals surface area contributed by atoms with Crippen LogP contribution in [0.3, 0.4) is 0 Å². The highest BCUT2D eigenvalue weighted by Gasteiger charge is 2.38. The fourth-order valence-electron chi connectivity index (χ4n) is 4.25. The molecule has 3 aromatic rings. The van der Waals surface area contributed by atoms with Crippen molar-refractivity contribution in [3.63, 3.8) is 0 Å². The van der Waals surface area contributed by atoms with Crippen molar-refractivity contribution in [2.24, 2.45) is 5.92 Å². The number of alkyl halides is 3. The van der Waals surface area contributed by atoms with Crippen LogP contribution in [0.2, 0.25) is 0 Å². The Hall–Kier alpha value is -3.20. The third-order valence-electron chi connectivity index (χ3n) is 6.00. The third-order valence-corrected chi connectivity index (χ3v) is 6.00. The van der Waals surface area contributed by atoms with E-state index in [1.54, 1.807) is 48.5 Å². The minimum atomic E-state index is -4.51. The molecule has 33 heavy (non-hydrogen) atoms. The van der Waals surface area contributed by atoms with Gasteiger partial charge in [0.1, 0.15) is 0 Å². The summed E-state index contributed by atoms with van der Waals surface area (Å²) in [4.78, 5) is 29.5. The number of fused-ring (bicyclic) bond motifs is 1. The highest BCUT2D eigenvalue weighted by Crippen LogP contribution is 2.33. The molecule has 0 spiro atoms. The average Bonchev–Trinajstić information content (AvgIpc) is 3.14.